The maximum Gasteiger partial charge on any atom is 0.310 e. The van der Waals surface area contributed by atoms with Crippen molar-refractivity contribution in [3.63, 3.8) is 0 Å². The van der Waals surface area contributed by atoms with E-state index in [0.29, 0.717) is 44.3 Å². The molecule has 2 saturated heterocycles. The Morgan fingerprint density at radius 2 is 1.25 bits per heavy atom. The Kier molecular flexibility index (Phi) is 24.9. The molecule has 4 N–H and O–H groups in total. The van der Waals surface area contributed by atoms with Gasteiger partial charge in [0.05, 0.1) is 25.0 Å². The van der Waals surface area contributed by atoms with Gasteiger partial charge in [0.15, 0.2) is 5.78 Å². The number of fused-ring (bicyclic) bond motifs is 2. The number of aldehydes is 2. The molecular weight excluding hydrogens is 688 g/mol. The number of carboxylic acids is 2. The van der Waals surface area contributed by atoms with Gasteiger partial charge < -0.3 is 35.0 Å². The number of aliphatic carboxylic acids is 2. The number of hydrogen-bond donors (Lipinski definition) is 3. The molecule has 53 heavy (non-hydrogen) atoms. The zero-order valence-corrected chi connectivity index (χ0v) is 29.7. The molecule has 2 unspecified atom stereocenters. The summed E-state index contributed by atoms with van der Waals surface area (Å²) in [6, 6.07) is 20.7. The number of ketones is 2. The van der Waals surface area contributed by atoms with Gasteiger partial charge in [-0.05, 0) is 37.8 Å². The molecule has 2 bridgehead atoms. The number of ether oxygens (including phenoxy) is 2. The molecule has 0 saturated carbocycles. The van der Waals surface area contributed by atoms with Gasteiger partial charge in [0.25, 0.3) is 0 Å². The van der Waals surface area contributed by atoms with E-state index in [-0.39, 0.29) is 50.8 Å². The van der Waals surface area contributed by atoms with Crippen LogP contribution >= 0.6 is 0 Å². The van der Waals surface area contributed by atoms with Gasteiger partial charge in [0, 0.05) is 50.9 Å². The highest BCUT2D eigenvalue weighted by atomic mass is 16.5. The van der Waals surface area contributed by atoms with Gasteiger partial charge in [-0.2, -0.15) is 0 Å². The first kappa shape index (κ1) is 47.9. The fourth-order valence-electron chi connectivity index (χ4n) is 5.63. The van der Waals surface area contributed by atoms with Gasteiger partial charge in [-0.1, -0.05) is 68.1 Å². The molecule has 14 heteroatoms. The maximum atomic E-state index is 12.1. The van der Waals surface area contributed by atoms with Crippen molar-refractivity contribution in [2.45, 2.75) is 97.8 Å². The minimum Gasteiger partial charge on any atom is -0.481 e. The zero-order chi connectivity index (χ0) is 38.9. The van der Waals surface area contributed by atoms with Crippen LogP contribution in [0.25, 0.3) is 0 Å². The number of hydrogen-bond acceptors (Lipinski definition) is 12. The number of rotatable bonds is 15. The molecule has 2 heterocycles. The van der Waals surface area contributed by atoms with Gasteiger partial charge in [-0.15, -0.1) is 0 Å². The van der Waals surface area contributed by atoms with Crippen molar-refractivity contribution in [2.24, 2.45) is 17.6 Å². The lowest BCUT2D eigenvalue weighted by Crippen LogP contribution is -2.55. The maximum absolute atomic E-state index is 12.1. The topological polar surface area (TPSA) is 225 Å². The fourth-order valence-corrected chi connectivity index (χ4v) is 5.63. The van der Waals surface area contributed by atoms with E-state index in [2.05, 4.69) is 21.8 Å². The molecule has 0 aromatic heterocycles. The standard InChI is InChI=1S/C18H23NO3.C8H12O4.C7H9N.C5H6O5.CH4/c1-2-22-18(21)14-8-15-10-17(20)11-16(9-14)19(15)12-13-6-4-3-5-7-13;1-2-12-8(11)7(3-5-9)4-6-10;8-6-7-4-2-1-3-5-7;6-3(1-4(7)8)2-5(9)10;/h3-7,14-16H,2,8-12H2,1H3;5-7H,2-4H2,1H3;1-5H,6,8H2;1-2H2,(H,7,8)(H,9,10);1H4. The fraction of sp³-hybridized carbons (Fsp3) is 0.487. The lowest BCUT2D eigenvalue weighted by Gasteiger charge is -2.47. The highest BCUT2D eigenvalue weighted by Gasteiger charge is 2.43. The molecule has 0 spiro atoms. The summed E-state index contributed by atoms with van der Waals surface area (Å²) in [5.41, 5.74) is 7.80. The summed E-state index contributed by atoms with van der Waals surface area (Å²) in [5, 5.41) is 16.0. The van der Waals surface area contributed by atoms with Gasteiger partial charge in [0.2, 0.25) is 0 Å². The molecule has 2 aromatic carbocycles. The number of Topliss-reactive ketones (excluding diaryl/α,β-unsaturated/α-hetero) is 2. The molecule has 2 aliphatic heterocycles. The third-order valence-corrected chi connectivity index (χ3v) is 7.96. The highest BCUT2D eigenvalue weighted by molar-refractivity contribution is 6.02. The van der Waals surface area contributed by atoms with Crippen molar-refractivity contribution in [3.05, 3.63) is 71.8 Å². The Labute approximate surface area is 311 Å². The molecule has 0 radical (unpaired) electrons. The molecule has 14 nitrogen and oxygen atoms in total. The summed E-state index contributed by atoms with van der Waals surface area (Å²) < 4.78 is 9.84. The Balaban J connectivity index is 0.000000743. The molecular formula is C39H54N2O12. The average Bonchev–Trinajstić information content (AvgIpc) is 3.09. The first-order chi connectivity index (χ1) is 24.9. The van der Waals surface area contributed by atoms with E-state index >= 15 is 0 Å². The van der Waals surface area contributed by atoms with Crippen LogP contribution in [-0.2, 0) is 60.9 Å². The van der Waals surface area contributed by atoms with Crippen LogP contribution in [0.15, 0.2) is 60.7 Å². The Morgan fingerprint density at radius 1 is 0.792 bits per heavy atom. The number of nitrogens with zero attached hydrogens (tertiary/aromatic N) is 1. The second kappa shape index (κ2) is 27.6. The molecule has 2 aliphatic rings. The summed E-state index contributed by atoms with van der Waals surface area (Å²) in [5.74, 6) is -4.27. The summed E-state index contributed by atoms with van der Waals surface area (Å²) >= 11 is 0. The third-order valence-electron chi connectivity index (χ3n) is 7.96. The van der Waals surface area contributed by atoms with Gasteiger partial charge >= 0.3 is 23.9 Å². The summed E-state index contributed by atoms with van der Waals surface area (Å²) in [7, 11) is 0. The smallest absolute Gasteiger partial charge is 0.310 e. The second-order valence-electron chi connectivity index (χ2n) is 12.0. The summed E-state index contributed by atoms with van der Waals surface area (Å²) in [6.45, 7) is 5.72. The number of carbonyl (C=O) groups excluding carboxylic acids is 6. The quantitative estimate of drug-likeness (QED) is 0.132. The van der Waals surface area contributed by atoms with Crippen LogP contribution in [-0.4, -0.2) is 88.4 Å². The summed E-state index contributed by atoms with van der Waals surface area (Å²) in [6.07, 6.45) is 2.53. The lowest BCUT2D eigenvalue weighted by molar-refractivity contribution is -0.154. The monoisotopic (exact) mass is 742 g/mol. The first-order valence-corrected chi connectivity index (χ1v) is 17.1. The van der Waals surface area contributed by atoms with E-state index in [1.54, 1.807) is 6.92 Å². The van der Waals surface area contributed by atoms with Crippen LogP contribution < -0.4 is 5.73 Å². The van der Waals surface area contributed by atoms with Crippen LogP contribution in [0.2, 0.25) is 0 Å². The van der Waals surface area contributed by atoms with E-state index in [0.717, 1.165) is 19.4 Å². The Morgan fingerprint density at radius 3 is 1.62 bits per heavy atom. The Bertz CT molecular complexity index is 1390. The normalized spacial score (nSPS) is 17.0. The lowest BCUT2D eigenvalue weighted by atomic mass is 9.77. The van der Waals surface area contributed by atoms with E-state index < -0.39 is 42.5 Å². The van der Waals surface area contributed by atoms with Crippen LogP contribution in [0.5, 0.6) is 0 Å². The van der Waals surface area contributed by atoms with Crippen LogP contribution in [0, 0.1) is 11.8 Å². The van der Waals surface area contributed by atoms with Crippen LogP contribution in [0.3, 0.4) is 0 Å². The van der Waals surface area contributed by atoms with Gasteiger partial charge in [-0.3, -0.25) is 33.7 Å². The molecule has 2 aromatic rings. The predicted octanol–water partition coefficient (Wildman–Crippen LogP) is 4.19. The highest BCUT2D eigenvalue weighted by Crippen LogP contribution is 2.37. The van der Waals surface area contributed by atoms with Crippen molar-refractivity contribution in [3.8, 4) is 0 Å². The number of nitrogens with two attached hydrogens (primary N) is 1. The van der Waals surface area contributed by atoms with Gasteiger partial charge in [0.1, 0.15) is 31.2 Å². The molecule has 292 valence electrons. The van der Waals surface area contributed by atoms with Crippen molar-refractivity contribution in [1.82, 2.24) is 4.90 Å². The molecule has 0 amide bonds. The van der Waals surface area contributed by atoms with Crippen molar-refractivity contribution in [1.29, 1.82) is 0 Å². The van der Waals surface area contributed by atoms with E-state index in [9.17, 15) is 38.4 Å². The summed E-state index contributed by atoms with van der Waals surface area (Å²) in [4.78, 5) is 87.4. The van der Waals surface area contributed by atoms with Crippen LogP contribution in [0.1, 0.15) is 83.8 Å². The minimum absolute atomic E-state index is 0. The van der Waals surface area contributed by atoms with Crippen molar-refractivity contribution in [2.75, 3.05) is 13.2 Å². The third kappa shape index (κ3) is 19.9. The number of carboxylic acid groups (broad SMARTS) is 2. The van der Waals surface area contributed by atoms with Gasteiger partial charge in [-0.25, -0.2) is 0 Å². The second-order valence-corrected chi connectivity index (χ2v) is 12.0. The average molecular weight is 743 g/mol. The van der Waals surface area contributed by atoms with Crippen molar-refractivity contribution < 1.29 is 58.0 Å². The molecule has 0 aliphatic carbocycles. The predicted molar refractivity (Wildman–Crippen MR) is 195 cm³/mol. The first-order valence-electron chi connectivity index (χ1n) is 17.1. The largest absolute Gasteiger partial charge is 0.481 e. The van der Waals surface area contributed by atoms with E-state index in [1.165, 1.54) is 11.1 Å². The zero-order valence-electron chi connectivity index (χ0n) is 29.7. The number of carbonyl (C=O) groups is 8. The van der Waals surface area contributed by atoms with E-state index in [1.807, 2.05) is 55.5 Å². The molecule has 2 fully saturated rings. The minimum atomic E-state index is -1.30. The van der Waals surface area contributed by atoms with E-state index in [4.69, 9.17) is 20.7 Å². The Hall–Kier alpha value is -5.08. The SMILES string of the molecule is C.CCOC(=O)C(CC=O)CC=O.CCOC(=O)C1CC2CC(=O)CC(C1)N2Cc1ccccc1.NCc1ccccc1.O=C(O)CC(=O)CC(=O)O. The number of esters is 2. The van der Waals surface area contributed by atoms with Crippen molar-refractivity contribution >= 4 is 48.0 Å². The van der Waals surface area contributed by atoms with Crippen LogP contribution in [0.4, 0.5) is 0 Å². The molecule has 4 rings (SSSR count). The molecule has 2 atom stereocenters. The number of benzene rings is 2. The number of piperidine rings is 2.